The number of hydrogen-bond donors (Lipinski definition) is 0. The lowest BCUT2D eigenvalue weighted by molar-refractivity contribution is -0.0123. The minimum atomic E-state index is 0.0105. The first-order valence-corrected chi connectivity index (χ1v) is 8.72. The van der Waals surface area contributed by atoms with Gasteiger partial charge < -0.3 is 9.26 Å². The molecule has 0 radical (unpaired) electrons. The van der Waals surface area contributed by atoms with Crippen LogP contribution in [0.4, 0.5) is 0 Å². The molecule has 4 rings (SSSR count). The van der Waals surface area contributed by atoms with Crippen molar-refractivity contribution >= 4 is 11.3 Å². The van der Waals surface area contributed by atoms with Gasteiger partial charge in [0.05, 0.1) is 6.10 Å². The fourth-order valence-corrected chi connectivity index (χ4v) is 4.47. The van der Waals surface area contributed by atoms with Gasteiger partial charge in [-0.15, -0.1) is 11.3 Å². The maximum absolute atomic E-state index is 6.21. The van der Waals surface area contributed by atoms with Crippen molar-refractivity contribution in [3.63, 3.8) is 0 Å². The molecular weight excluding hydrogens is 298 g/mol. The summed E-state index contributed by atoms with van der Waals surface area (Å²) in [6.45, 7) is 7.19. The van der Waals surface area contributed by atoms with Crippen molar-refractivity contribution in [3.8, 4) is 0 Å². The number of fused-ring (bicyclic) bond motifs is 1. The van der Waals surface area contributed by atoms with Gasteiger partial charge in [0, 0.05) is 29.8 Å². The molecule has 2 saturated heterocycles. The van der Waals surface area contributed by atoms with E-state index in [-0.39, 0.29) is 6.10 Å². The van der Waals surface area contributed by atoms with Gasteiger partial charge in [0.25, 0.3) is 0 Å². The summed E-state index contributed by atoms with van der Waals surface area (Å²) in [4.78, 5) is 9.66. The van der Waals surface area contributed by atoms with Gasteiger partial charge in [0.15, 0.2) is 0 Å². The average Bonchev–Trinajstić information content (AvgIpc) is 3.18. The number of nitrogens with zero attached hydrogens (tertiary/aromatic N) is 3. The van der Waals surface area contributed by atoms with Crippen molar-refractivity contribution in [1.29, 1.82) is 0 Å². The Balaban J connectivity index is 1.39. The first-order valence-electron chi connectivity index (χ1n) is 7.91. The maximum atomic E-state index is 6.21. The van der Waals surface area contributed by atoms with Gasteiger partial charge in [-0.25, -0.2) is 0 Å². The first-order chi connectivity index (χ1) is 10.7. The number of likely N-dealkylation sites (tertiary alicyclic amines) is 1. The van der Waals surface area contributed by atoms with Gasteiger partial charge in [-0.05, 0) is 44.4 Å². The fourth-order valence-electron chi connectivity index (χ4n) is 3.54. The summed E-state index contributed by atoms with van der Waals surface area (Å²) in [6, 6.07) is 4.44. The molecule has 4 heterocycles. The second kappa shape index (κ2) is 5.76. The largest absolute Gasteiger partial charge is 0.365 e. The van der Waals surface area contributed by atoms with E-state index in [2.05, 4.69) is 34.1 Å². The number of piperidine rings is 1. The maximum Gasteiger partial charge on any atom is 0.223 e. The monoisotopic (exact) mass is 319 g/mol. The van der Waals surface area contributed by atoms with Gasteiger partial charge >= 0.3 is 0 Å². The highest BCUT2D eigenvalue weighted by Crippen LogP contribution is 2.40. The lowest BCUT2D eigenvalue weighted by atomic mass is 9.91. The molecule has 0 amide bonds. The topological polar surface area (TPSA) is 51.4 Å². The number of rotatable bonds is 3. The molecule has 2 aliphatic heterocycles. The van der Waals surface area contributed by atoms with E-state index in [1.54, 1.807) is 0 Å². The van der Waals surface area contributed by atoms with Crippen LogP contribution in [0.1, 0.15) is 40.4 Å². The fraction of sp³-hybridized carbons (Fsp3) is 0.625. The molecule has 2 aromatic heterocycles. The highest BCUT2D eigenvalue weighted by molar-refractivity contribution is 7.11. The molecule has 2 aromatic rings. The molecule has 2 aliphatic rings. The minimum Gasteiger partial charge on any atom is -0.365 e. The van der Waals surface area contributed by atoms with E-state index in [0.29, 0.717) is 23.7 Å². The Labute approximate surface area is 134 Å². The lowest BCUT2D eigenvalue weighted by Crippen LogP contribution is -2.41. The molecule has 5 nitrogen and oxygen atoms in total. The molecule has 0 saturated carbocycles. The standard InChI is InChI=1S/C16H21N3O2S/c1-10-3-4-13(22-10)8-19-6-5-12-7-14(20-15(12)9-19)16-17-11(2)21-18-16/h3-4,12,14-15H,5-9H2,1-2H3/t12-,14+,15+/m1/s1. The van der Waals surface area contributed by atoms with Crippen LogP contribution in [0.5, 0.6) is 0 Å². The van der Waals surface area contributed by atoms with E-state index in [4.69, 9.17) is 9.26 Å². The van der Waals surface area contributed by atoms with E-state index in [1.165, 1.54) is 16.2 Å². The number of aryl methyl sites for hydroxylation is 2. The van der Waals surface area contributed by atoms with Crippen LogP contribution in [0, 0.1) is 19.8 Å². The summed E-state index contributed by atoms with van der Waals surface area (Å²) >= 11 is 1.89. The van der Waals surface area contributed by atoms with Crippen LogP contribution in [0.25, 0.3) is 0 Å². The van der Waals surface area contributed by atoms with Crippen LogP contribution in [0.15, 0.2) is 16.7 Å². The van der Waals surface area contributed by atoms with E-state index in [0.717, 1.165) is 26.1 Å². The van der Waals surface area contributed by atoms with Crippen LogP contribution in [0.2, 0.25) is 0 Å². The molecule has 118 valence electrons. The first kappa shape index (κ1) is 14.4. The van der Waals surface area contributed by atoms with Gasteiger partial charge in [-0.3, -0.25) is 4.90 Å². The normalized spacial score (nSPS) is 28.9. The summed E-state index contributed by atoms with van der Waals surface area (Å²) in [5.74, 6) is 1.96. The third-order valence-corrected chi connectivity index (χ3v) is 5.63. The quantitative estimate of drug-likeness (QED) is 0.870. The smallest absolute Gasteiger partial charge is 0.223 e. The van der Waals surface area contributed by atoms with Crippen molar-refractivity contribution < 1.29 is 9.26 Å². The Hall–Kier alpha value is -1.24. The Morgan fingerprint density at radius 3 is 3.00 bits per heavy atom. The Morgan fingerprint density at radius 1 is 1.36 bits per heavy atom. The van der Waals surface area contributed by atoms with Crippen molar-refractivity contribution in [2.24, 2.45) is 5.92 Å². The van der Waals surface area contributed by atoms with Gasteiger partial charge in [0.2, 0.25) is 11.7 Å². The molecule has 3 atom stereocenters. The number of ether oxygens (including phenoxy) is 1. The van der Waals surface area contributed by atoms with Gasteiger partial charge in [-0.1, -0.05) is 5.16 Å². The molecule has 0 aliphatic carbocycles. The molecule has 0 spiro atoms. The van der Waals surface area contributed by atoms with Crippen LogP contribution < -0.4 is 0 Å². The summed E-state index contributed by atoms with van der Waals surface area (Å²) in [7, 11) is 0. The molecule has 0 aromatic carbocycles. The summed E-state index contributed by atoms with van der Waals surface area (Å²) in [5.41, 5.74) is 0. The highest BCUT2D eigenvalue weighted by atomic mass is 32.1. The second-order valence-electron chi connectivity index (χ2n) is 6.37. The summed E-state index contributed by atoms with van der Waals surface area (Å²) in [5, 5.41) is 4.02. The zero-order valence-corrected chi connectivity index (χ0v) is 13.8. The Kier molecular flexibility index (Phi) is 3.76. The van der Waals surface area contributed by atoms with Gasteiger partial charge in [-0.2, -0.15) is 4.98 Å². The number of aromatic nitrogens is 2. The summed E-state index contributed by atoms with van der Waals surface area (Å²) in [6.07, 6.45) is 2.53. The van der Waals surface area contributed by atoms with Crippen LogP contribution in [-0.2, 0) is 11.3 Å². The molecule has 22 heavy (non-hydrogen) atoms. The highest BCUT2D eigenvalue weighted by Gasteiger charge is 2.41. The third-order valence-electron chi connectivity index (χ3n) is 4.64. The van der Waals surface area contributed by atoms with Gasteiger partial charge in [0.1, 0.15) is 6.10 Å². The molecule has 0 unspecified atom stereocenters. The SMILES string of the molecule is Cc1nc([C@@H]2C[C@H]3CCN(Cc4ccc(C)s4)C[C@@H]3O2)no1. The van der Waals surface area contributed by atoms with Crippen molar-refractivity contribution in [2.45, 2.75) is 45.4 Å². The van der Waals surface area contributed by atoms with E-state index >= 15 is 0 Å². The van der Waals surface area contributed by atoms with E-state index in [1.807, 2.05) is 18.3 Å². The molecule has 6 heteroatoms. The molecule has 2 fully saturated rings. The zero-order valence-electron chi connectivity index (χ0n) is 13.0. The van der Waals surface area contributed by atoms with Crippen LogP contribution in [0.3, 0.4) is 0 Å². The lowest BCUT2D eigenvalue weighted by Gasteiger charge is -2.33. The number of hydrogen-bond acceptors (Lipinski definition) is 6. The Morgan fingerprint density at radius 2 is 2.27 bits per heavy atom. The van der Waals surface area contributed by atoms with Crippen molar-refractivity contribution in [3.05, 3.63) is 33.6 Å². The average molecular weight is 319 g/mol. The van der Waals surface area contributed by atoms with Crippen molar-refractivity contribution in [1.82, 2.24) is 15.0 Å². The van der Waals surface area contributed by atoms with Crippen LogP contribution >= 0.6 is 11.3 Å². The van der Waals surface area contributed by atoms with Crippen LogP contribution in [-0.4, -0.2) is 34.2 Å². The Bertz CT molecular complexity index is 653. The number of thiophene rings is 1. The minimum absolute atomic E-state index is 0.0105. The zero-order chi connectivity index (χ0) is 15.1. The molecule has 0 N–H and O–H groups in total. The second-order valence-corrected chi connectivity index (χ2v) is 7.74. The predicted octanol–water partition coefficient (Wildman–Crippen LogP) is 3.10. The van der Waals surface area contributed by atoms with E-state index < -0.39 is 0 Å². The summed E-state index contributed by atoms with van der Waals surface area (Å²) < 4.78 is 11.3. The molecular formula is C16H21N3O2S. The van der Waals surface area contributed by atoms with E-state index in [9.17, 15) is 0 Å². The predicted molar refractivity (Wildman–Crippen MR) is 83.7 cm³/mol. The molecule has 0 bridgehead atoms. The van der Waals surface area contributed by atoms with Crippen molar-refractivity contribution in [2.75, 3.05) is 13.1 Å². The third kappa shape index (κ3) is 2.83.